The highest BCUT2D eigenvalue weighted by atomic mass is 32.1. The van der Waals surface area contributed by atoms with Gasteiger partial charge >= 0.3 is 0 Å². The average Bonchev–Trinajstić information content (AvgIpc) is 2.78. The van der Waals surface area contributed by atoms with Gasteiger partial charge in [-0.15, -0.1) is 5.10 Å². The van der Waals surface area contributed by atoms with E-state index in [1.807, 2.05) is 6.92 Å². The number of likely N-dealkylation sites (N-methyl/N-ethyl adjacent to an activating group) is 1. The van der Waals surface area contributed by atoms with Gasteiger partial charge in [-0.05, 0) is 43.9 Å². The zero-order valence-corrected chi connectivity index (χ0v) is 11.9. The molecule has 3 nitrogen and oxygen atoms in total. The Morgan fingerprint density at radius 3 is 2.50 bits per heavy atom. The predicted octanol–water partition coefficient (Wildman–Crippen LogP) is 3.05. The highest BCUT2D eigenvalue weighted by Crippen LogP contribution is 2.23. The molecule has 1 aromatic heterocycles. The molecule has 1 heterocycles. The second-order valence-electron chi connectivity index (χ2n) is 4.52. The standard InChI is InChI=1S/C14H19N3S/c1-4-15-13(14-11(3)16-17-18-14)9-12-7-5-10(2)6-8-12/h5-8,13,15H,4,9H2,1-3H3. The summed E-state index contributed by atoms with van der Waals surface area (Å²) in [5, 5.41) is 7.62. The van der Waals surface area contributed by atoms with Crippen molar-refractivity contribution < 1.29 is 0 Å². The number of rotatable bonds is 5. The third-order valence-electron chi connectivity index (χ3n) is 3.01. The van der Waals surface area contributed by atoms with Crippen LogP contribution in [-0.2, 0) is 6.42 Å². The Morgan fingerprint density at radius 1 is 1.22 bits per heavy atom. The van der Waals surface area contributed by atoms with E-state index < -0.39 is 0 Å². The molecule has 0 amide bonds. The van der Waals surface area contributed by atoms with Crippen molar-refractivity contribution in [1.29, 1.82) is 0 Å². The Bertz CT molecular complexity index is 490. The molecule has 0 saturated carbocycles. The highest BCUT2D eigenvalue weighted by molar-refractivity contribution is 7.05. The number of benzene rings is 1. The van der Waals surface area contributed by atoms with Crippen LogP contribution in [0.25, 0.3) is 0 Å². The molecular formula is C14H19N3S. The van der Waals surface area contributed by atoms with E-state index in [0.717, 1.165) is 18.7 Å². The fraction of sp³-hybridized carbons (Fsp3) is 0.429. The highest BCUT2D eigenvalue weighted by Gasteiger charge is 2.16. The molecule has 2 rings (SSSR count). The largest absolute Gasteiger partial charge is 0.309 e. The number of aromatic nitrogens is 2. The summed E-state index contributed by atoms with van der Waals surface area (Å²) >= 11 is 1.50. The molecule has 1 N–H and O–H groups in total. The van der Waals surface area contributed by atoms with E-state index in [1.54, 1.807) is 0 Å². The Labute approximate surface area is 112 Å². The molecule has 0 spiro atoms. The molecule has 4 heteroatoms. The fourth-order valence-corrected chi connectivity index (χ4v) is 2.74. The molecule has 1 unspecified atom stereocenters. The molecule has 0 bridgehead atoms. The predicted molar refractivity (Wildman–Crippen MR) is 75.9 cm³/mol. The molecular weight excluding hydrogens is 242 g/mol. The third kappa shape index (κ3) is 3.15. The van der Waals surface area contributed by atoms with E-state index in [-0.39, 0.29) is 0 Å². The van der Waals surface area contributed by atoms with Crippen LogP contribution in [-0.4, -0.2) is 16.1 Å². The summed E-state index contributed by atoms with van der Waals surface area (Å²) in [6, 6.07) is 9.04. The van der Waals surface area contributed by atoms with Crippen LogP contribution >= 0.6 is 11.5 Å². The molecule has 0 radical (unpaired) electrons. The Hall–Kier alpha value is -1.26. The maximum Gasteiger partial charge on any atom is 0.0772 e. The zero-order valence-electron chi connectivity index (χ0n) is 11.1. The lowest BCUT2D eigenvalue weighted by atomic mass is 10.0. The van der Waals surface area contributed by atoms with Crippen molar-refractivity contribution in [1.82, 2.24) is 14.9 Å². The van der Waals surface area contributed by atoms with Crippen LogP contribution < -0.4 is 5.32 Å². The normalized spacial score (nSPS) is 12.6. The molecule has 18 heavy (non-hydrogen) atoms. The SMILES string of the molecule is CCNC(Cc1ccc(C)cc1)c1snnc1C. The van der Waals surface area contributed by atoms with Gasteiger partial charge in [0.2, 0.25) is 0 Å². The van der Waals surface area contributed by atoms with Crippen molar-refractivity contribution in [2.24, 2.45) is 0 Å². The monoisotopic (exact) mass is 261 g/mol. The maximum atomic E-state index is 4.10. The van der Waals surface area contributed by atoms with E-state index in [9.17, 15) is 0 Å². The summed E-state index contributed by atoms with van der Waals surface area (Å²) in [6.45, 7) is 7.22. The molecule has 96 valence electrons. The first-order chi connectivity index (χ1) is 8.70. The topological polar surface area (TPSA) is 37.8 Å². The van der Waals surface area contributed by atoms with Crippen LogP contribution in [0.4, 0.5) is 0 Å². The van der Waals surface area contributed by atoms with Crippen molar-refractivity contribution in [2.75, 3.05) is 6.54 Å². The molecule has 1 aromatic carbocycles. The Kier molecular flexibility index (Phi) is 4.44. The van der Waals surface area contributed by atoms with Crippen molar-refractivity contribution >= 4 is 11.5 Å². The Balaban J connectivity index is 2.16. The number of hydrogen-bond donors (Lipinski definition) is 1. The van der Waals surface area contributed by atoms with E-state index in [2.05, 4.69) is 53.0 Å². The van der Waals surface area contributed by atoms with Gasteiger partial charge < -0.3 is 5.32 Å². The Morgan fingerprint density at radius 2 is 1.94 bits per heavy atom. The summed E-state index contributed by atoms with van der Waals surface area (Å²) in [5.74, 6) is 0. The van der Waals surface area contributed by atoms with Crippen molar-refractivity contribution in [3.8, 4) is 0 Å². The lowest BCUT2D eigenvalue weighted by Gasteiger charge is -2.16. The first kappa shape index (κ1) is 13.2. The molecule has 0 aliphatic rings. The van der Waals surface area contributed by atoms with Crippen LogP contribution in [0.5, 0.6) is 0 Å². The first-order valence-corrected chi connectivity index (χ1v) is 7.05. The maximum absolute atomic E-state index is 4.10. The lowest BCUT2D eigenvalue weighted by molar-refractivity contribution is 0.554. The van der Waals surface area contributed by atoms with E-state index in [0.29, 0.717) is 6.04 Å². The minimum atomic E-state index is 0.317. The van der Waals surface area contributed by atoms with E-state index in [1.165, 1.54) is 27.5 Å². The number of hydrogen-bond acceptors (Lipinski definition) is 4. The van der Waals surface area contributed by atoms with Gasteiger partial charge in [-0.1, -0.05) is 41.2 Å². The third-order valence-corrected chi connectivity index (χ3v) is 3.95. The van der Waals surface area contributed by atoms with Crippen LogP contribution in [0.3, 0.4) is 0 Å². The summed E-state index contributed by atoms with van der Waals surface area (Å²) in [5.41, 5.74) is 3.69. The van der Waals surface area contributed by atoms with Gasteiger partial charge in [0.15, 0.2) is 0 Å². The minimum absolute atomic E-state index is 0.317. The summed E-state index contributed by atoms with van der Waals surface area (Å²) < 4.78 is 4.03. The number of aryl methyl sites for hydroxylation is 2. The van der Waals surface area contributed by atoms with Crippen LogP contribution in [0.2, 0.25) is 0 Å². The van der Waals surface area contributed by atoms with E-state index in [4.69, 9.17) is 0 Å². The minimum Gasteiger partial charge on any atom is -0.309 e. The van der Waals surface area contributed by atoms with Crippen LogP contribution in [0, 0.1) is 13.8 Å². The van der Waals surface area contributed by atoms with Gasteiger partial charge in [0.25, 0.3) is 0 Å². The first-order valence-electron chi connectivity index (χ1n) is 6.28. The summed E-state index contributed by atoms with van der Waals surface area (Å²) in [6.07, 6.45) is 0.985. The molecule has 1 atom stereocenters. The smallest absolute Gasteiger partial charge is 0.0772 e. The van der Waals surface area contributed by atoms with Gasteiger partial charge in [-0.25, -0.2) is 0 Å². The van der Waals surface area contributed by atoms with Gasteiger partial charge in [0, 0.05) is 6.04 Å². The van der Waals surface area contributed by atoms with Crippen LogP contribution in [0.15, 0.2) is 24.3 Å². The average molecular weight is 261 g/mol. The number of nitrogens with one attached hydrogen (secondary N) is 1. The number of nitrogens with zero attached hydrogens (tertiary/aromatic N) is 2. The molecule has 0 saturated heterocycles. The van der Waals surface area contributed by atoms with Gasteiger partial charge in [0.05, 0.1) is 10.6 Å². The second-order valence-corrected chi connectivity index (χ2v) is 5.31. The zero-order chi connectivity index (χ0) is 13.0. The van der Waals surface area contributed by atoms with Gasteiger partial charge in [0.1, 0.15) is 0 Å². The van der Waals surface area contributed by atoms with Gasteiger partial charge in [-0.3, -0.25) is 0 Å². The van der Waals surface area contributed by atoms with Crippen molar-refractivity contribution in [3.05, 3.63) is 46.0 Å². The summed E-state index contributed by atoms with van der Waals surface area (Å²) in [7, 11) is 0. The molecule has 0 fully saturated rings. The molecule has 2 aromatic rings. The van der Waals surface area contributed by atoms with Crippen LogP contribution in [0.1, 0.15) is 34.7 Å². The second kappa shape index (κ2) is 6.07. The van der Waals surface area contributed by atoms with Crippen molar-refractivity contribution in [3.63, 3.8) is 0 Å². The summed E-state index contributed by atoms with van der Waals surface area (Å²) in [4.78, 5) is 1.25. The lowest BCUT2D eigenvalue weighted by Crippen LogP contribution is -2.22. The van der Waals surface area contributed by atoms with E-state index >= 15 is 0 Å². The van der Waals surface area contributed by atoms with Gasteiger partial charge in [-0.2, -0.15) is 0 Å². The van der Waals surface area contributed by atoms with Crippen molar-refractivity contribution in [2.45, 2.75) is 33.2 Å². The molecule has 0 aliphatic heterocycles. The fourth-order valence-electron chi connectivity index (χ4n) is 2.02. The molecule has 0 aliphatic carbocycles. The quantitative estimate of drug-likeness (QED) is 0.899.